The van der Waals surface area contributed by atoms with Crippen LogP contribution in [0.5, 0.6) is 0 Å². The van der Waals surface area contributed by atoms with E-state index in [2.05, 4.69) is 10.3 Å². The number of nitrogens with zero attached hydrogens (tertiary/aromatic N) is 2. The maximum absolute atomic E-state index is 12.2. The van der Waals surface area contributed by atoms with Crippen molar-refractivity contribution in [2.75, 3.05) is 13.2 Å². The number of amides is 1. The lowest BCUT2D eigenvalue weighted by Gasteiger charge is -2.35. The van der Waals surface area contributed by atoms with Gasteiger partial charge in [0.2, 0.25) is 5.91 Å². The molecule has 1 aliphatic carbocycles. The number of ether oxygens (including phenoxy) is 2. The number of fused-ring (bicyclic) bond motifs is 1. The van der Waals surface area contributed by atoms with Crippen LogP contribution in [0, 0.1) is 0 Å². The van der Waals surface area contributed by atoms with Gasteiger partial charge in [0.25, 0.3) is 0 Å². The van der Waals surface area contributed by atoms with Crippen LogP contribution in [-0.4, -0.2) is 40.3 Å². The highest BCUT2D eigenvalue weighted by Crippen LogP contribution is 2.35. The van der Waals surface area contributed by atoms with Gasteiger partial charge >= 0.3 is 0 Å². The number of hydrogen-bond donors (Lipinski definition) is 1. The Labute approximate surface area is 132 Å². The molecule has 0 bridgehead atoms. The Kier molecular flexibility index (Phi) is 3.63. The first-order valence-corrected chi connectivity index (χ1v) is 8.59. The molecule has 2 aromatic rings. The number of rotatable bonds is 3. The van der Waals surface area contributed by atoms with Crippen molar-refractivity contribution in [1.29, 1.82) is 0 Å². The van der Waals surface area contributed by atoms with Gasteiger partial charge in [0.15, 0.2) is 10.7 Å². The van der Waals surface area contributed by atoms with Crippen LogP contribution in [0.2, 0.25) is 0 Å². The Morgan fingerprint density at radius 1 is 1.41 bits per heavy atom. The second kappa shape index (κ2) is 5.64. The molecule has 7 heteroatoms. The summed E-state index contributed by atoms with van der Waals surface area (Å²) in [5.74, 6) is -0.324. The van der Waals surface area contributed by atoms with Crippen LogP contribution in [0.25, 0.3) is 4.96 Å². The standard InChI is InChI=1S/C15H19N3O3S/c19-13(9-12-10-18-5-8-22-14(18)17-12)16-11-1-3-15(4-2-11)20-6-7-21-15/h5,8,10-11H,1-4,6-7,9H2,(H,16,19). The van der Waals surface area contributed by atoms with Crippen LogP contribution in [0.1, 0.15) is 31.4 Å². The fraction of sp³-hybridized carbons (Fsp3) is 0.600. The smallest absolute Gasteiger partial charge is 0.226 e. The summed E-state index contributed by atoms with van der Waals surface area (Å²) in [6.45, 7) is 1.38. The highest BCUT2D eigenvalue weighted by Gasteiger charge is 2.40. The number of thiazole rings is 1. The molecule has 1 N–H and O–H groups in total. The van der Waals surface area contributed by atoms with Gasteiger partial charge in [-0.05, 0) is 12.8 Å². The third-order valence-electron chi connectivity index (χ3n) is 4.41. The van der Waals surface area contributed by atoms with Crippen LogP contribution < -0.4 is 5.32 Å². The molecule has 1 saturated carbocycles. The van der Waals surface area contributed by atoms with E-state index in [0.717, 1.165) is 36.3 Å². The minimum atomic E-state index is -0.366. The SMILES string of the molecule is O=C(Cc1cn2ccsc2n1)NC1CCC2(CC1)OCCO2. The molecule has 4 rings (SSSR count). The summed E-state index contributed by atoms with van der Waals surface area (Å²) >= 11 is 1.57. The van der Waals surface area contributed by atoms with Gasteiger partial charge in [0.05, 0.1) is 25.3 Å². The predicted molar refractivity (Wildman–Crippen MR) is 81.8 cm³/mol. The molecule has 3 heterocycles. The van der Waals surface area contributed by atoms with Crippen molar-refractivity contribution in [3.8, 4) is 0 Å². The van der Waals surface area contributed by atoms with Gasteiger partial charge in [-0.25, -0.2) is 4.98 Å². The van der Waals surface area contributed by atoms with Gasteiger partial charge in [-0.15, -0.1) is 11.3 Å². The van der Waals surface area contributed by atoms with Gasteiger partial charge in [0.1, 0.15) is 0 Å². The van der Waals surface area contributed by atoms with Gasteiger partial charge < -0.3 is 14.8 Å². The molecule has 1 spiro atoms. The molecule has 6 nitrogen and oxygen atoms in total. The summed E-state index contributed by atoms with van der Waals surface area (Å²) in [7, 11) is 0. The number of nitrogens with one attached hydrogen (secondary N) is 1. The first-order valence-electron chi connectivity index (χ1n) is 7.71. The quantitative estimate of drug-likeness (QED) is 0.935. The Morgan fingerprint density at radius 3 is 2.91 bits per heavy atom. The molecule has 2 aliphatic rings. The maximum Gasteiger partial charge on any atom is 0.226 e. The van der Waals surface area contributed by atoms with E-state index in [-0.39, 0.29) is 17.7 Å². The van der Waals surface area contributed by atoms with Crippen LogP contribution in [-0.2, 0) is 20.7 Å². The molecule has 22 heavy (non-hydrogen) atoms. The zero-order valence-corrected chi connectivity index (χ0v) is 13.1. The minimum Gasteiger partial charge on any atom is -0.353 e. The van der Waals surface area contributed by atoms with Gasteiger partial charge in [-0.1, -0.05) is 0 Å². The van der Waals surface area contributed by atoms with Crippen molar-refractivity contribution >= 4 is 22.2 Å². The fourth-order valence-corrected chi connectivity index (χ4v) is 4.01. The van der Waals surface area contributed by atoms with Crippen LogP contribution in [0.3, 0.4) is 0 Å². The second-order valence-corrected chi connectivity index (χ2v) is 6.82. The lowest BCUT2D eigenvalue weighted by molar-refractivity contribution is -0.180. The summed E-state index contributed by atoms with van der Waals surface area (Å²) in [4.78, 5) is 17.5. The van der Waals surface area contributed by atoms with Crippen LogP contribution in [0.4, 0.5) is 0 Å². The van der Waals surface area contributed by atoms with Crippen molar-refractivity contribution in [1.82, 2.24) is 14.7 Å². The molecule has 0 radical (unpaired) electrons. The number of carbonyl (C=O) groups is 1. The van der Waals surface area contributed by atoms with E-state index in [9.17, 15) is 4.79 Å². The van der Waals surface area contributed by atoms with Crippen LogP contribution >= 0.6 is 11.3 Å². The normalized spacial score (nSPS) is 21.6. The molecule has 2 aromatic heterocycles. The number of hydrogen-bond acceptors (Lipinski definition) is 5. The van der Waals surface area contributed by atoms with E-state index in [1.165, 1.54) is 0 Å². The topological polar surface area (TPSA) is 64.9 Å². The molecule has 1 aliphatic heterocycles. The number of aromatic nitrogens is 2. The molecule has 1 saturated heterocycles. The van der Waals surface area contributed by atoms with Crippen molar-refractivity contribution in [3.63, 3.8) is 0 Å². The molecule has 2 fully saturated rings. The molecular formula is C15H19N3O3S. The van der Waals surface area contributed by atoms with Crippen molar-refractivity contribution in [2.45, 2.75) is 43.9 Å². The lowest BCUT2D eigenvalue weighted by atomic mass is 9.90. The summed E-state index contributed by atoms with van der Waals surface area (Å²) in [5.41, 5.74) is 0.819. The van der Waals surface area contributed by atoms with Gasteiger partial charge in [-0.3, -0.25) is 9.20 Å². The van der Waals surface area contributed by atoms with Gasteiger partial charge in [-0.2, -0.15) is 0 Å². The average Bonchev–Trinajstić information content (AvgIpc) is 3.18. The molecule has 1 amide bonds. The predicted octanol–water partition coefficient (Wildman–Crippen LogP) is 1.74. The van der Waals surface area contributed by atoms with E-state index in [0.29, 0.717) is 19.6 Å². The van der Waals surface area contributed by atoms with Crippen molar-refractivity contribution < 1.29 is 14.3 Å². The Morgan fingerprint density at radius 2 is 2.18 bits per heavy atom. The van der Waals surface area contributed by atoms with E-state index in [1.54, 1.807) is 11.3 Å². The van der Waals surface area contributed by atoms with E-state index in [4.69, 9.17) is 9.47 Å². The Bertz CT molecular complexity index is 636. The van der Waals surface area contributed by atoms with Crippen molar-refractivity contribution in [3.05, 3.63) is 23.5 Å². The highest BCUT2D eigenvalue weighted by molar-refractivity contribution is 7.15. The largest absolute Gasteiger partial charge is 0.353 e. The van der Waals surface area contributed by atoms with E-state index >= 15 is 0 Å². The molecule has 0 unspecified atom stereocenters. The monoisotopic (exact) mass is 321 g/mol. The van der Waals surface area contributed by atoms with Crippen molar-refractivity contribution in [2.24, 2.45) is 0 Å². The number of imidazole rings is 1. The molecule has 118 valence electrons. The molecule has 0 atom stereocenters. The maximum atomic E-state index is 12.2. The molecular weight excluding hydrogens is 302 g/mol. The summed E-state index contributed by atoms with van der Waals surface area (Å²) in [5, 5.41) is 5.10. The van der Waals surface area contributed by atoms with Gasteiger partial charge in [0, 0.05) is 36.7 Å². The third-order valence-corrected chi connectivity index (χ3v) is 5.18. The highest BCUT2D eigenvalue weighted by atomic mass is 32.1. The Hall–Kier alpha value is -1.44. The first kappa shape index (κ1) is 14.2. The summed E-state index contributed by atoms with van der Waals surface area (Å²) in [6, 6.07) is 0.217. The second-order valence-electron chi connectivity index (χ2n) is 5.95. The zero-order chi connectivity index (χ0) is 15.0. The average molecular weight is 321 g/mol. The van der Waals surface area contributed by atoms with E-state index in [1.807, 2.05) is 22.2 Å². The summed E-state index contributed by atoms with van der Waals surface area (Å²) < 4.78 is 13.4. The first-order chi connectivity index (χ1) is 10.7. The fourth-order valence-electron chi connectivity index (χ4n) is 3.29. The van der Waals surface area contributed by atoms with Crippen LogP contribution in [0.15, 0.2) is 17.8 Å². The molecule has 0 aromatic carbocycles. The third kappa shape index (κ3) is 2.76. The zero-order valence-electron chi connectivity index (χ0n) is 12.3. The lowest BCUT2D eigenvalue weighted by Crippen LogP contribution is -2.44. The van der Waals surface area contributed by atoms with E-state index < -0.39 is 0 Å². The Balaban J connectivity index is 1.30. The minimum absolute atomic E-state index is 0.0416. The summed E-state index contributed by atoms with van der Waals surface area (Å²) in [6.07, 6.45) is 7.74. The number of carbonyl (C=O) groups excluding carboxylic acids is 1.